The first kappa shape index (κ1) is 34.2. The predicted octanol–water partition coefficient (Wildman–Crippen LogP) is -2.37. The molecule has 1 amide bonds. The summed E-state index contributed by atoms with van der Waals surface area (Å²) in [4.78, 5) is 23.1. The minimum absolute atomic E-state index is 0. The zero-order valence-electron chi connectivity index (χ0n) is 23.4. The molecule has 0 unspecified atom stereocenters. The lowest BCUT2D eigenvalue weighted by molar-refractivity contribution is -0.697. The summed E-state index contributed by atoms with van der Waals surface area (Å²) in [5.74, 6) is -1.87. The van der Waals surface area contributed by atoms with E-state index in [4.69, 9.17) is 4.98 Å². The van der Waals surface area contributed by atoms with Crippen molar-refractivity contribution in [2.24, 2.45) is 11.8 Å². The molecule has 230 valence electrons. The standard InChI is InChI=1S/C30H40F2N4OS.CH4.2ClH/c1-19-14-25-27(38-20(2)35-25)29(18-34-19)17-33-16-24(29)28(37)36-13-10-23(21-6-4-3-5-7-21)15-26(36)22-8-11-30(31,32)12-9-22;;;/h3-7,19,22-24,26,33-34H,8-18H2,1-2H3;1H4;2*1H/t19-,23-,24+,26+,29+;;;/m1.../s1. The van der Waals surface area contributed by atoms with Gasteiger partial charge in [-0.15, -0.1) is 11.3 Å². The number of aryl methyl sites for hydroxylation is 1. The molecule has 1 spiro atoms. The van der Waals surface area contributed by atoms with Crippen LogP contribution < -0.4 is 35.4 Å². The minimum atomic E-state index is -2.56. The molecule has 1 aromatic heterocycles. The van der Waals surface area contributed by atoms with E-state index >= 15 is 0 Å². The van der Waals surface area contributed by atoms with Gasteiger partial charge in [-0.1, -0.05) is 37.8 Å². The molecule has 41 heavy (non-hydrogen) atoms. The van der Waals surface area contributed by atoms with Crippen molar-refractivity contribution in [1.29, 1.82) is 0 Å². The molecule has 6 rings (SSSR count). The highest BCUT2D eigenvalue weighted by Crippen LogP contribution is 2.46. The SMILES string of the molecule is C.Cc1nc2c(s1)[C@@]1(C[NH2+]C[C@H]1C(=O)N1CC[C@@H](c3ccccc3)C[C@H]1C1CCC(F)(F)CC1)C[NH2+][C@H](C)C2.[Cl-].[Cl-]. The summed E-state index contributed by atoms with van der Waals surface area (Å²) in [5.41, 5.74) is 2.30. The lowest BCUT2D eigenvalue weighted by atomic mass is 9.72. The number of amides is 1. The Morgan fingerprint density at radius 2 is 1.80 bits per heavy atom. The maximum absolute atomic E-state index is 14.6. The molecular weight excluding hydrogens is 585 g/mol. The Labute approximate surface area is 260 Å². The number of carbonyl (C=O) groups excluding carboxylic acids is 1. The molecular formula is C31H46Cl2F2N4OS. The molecule has 4 heterocycles. The minimum Gasteiger partial charge on any atom is -1.00 e. The van der Waals surface area contributed by atoms with Crippen molar-refractivity contribution < 1.29 is 49.0 Å². The number of piperidine rings is 1. The van der Waals surface area contributed by atoms with E-state index in [1.807, 2.05) is 6.07 Å². The average molecular weight is 632 g/mol. The number of alkyl halides is 2. The number of likely N-dealkylation sites (tertiary alicyclic amines) is 1. The first-order chi connectivity index (χ1) is 18.3. The number of benzene rings is 1. The van der Waals surface area contributed by atoms with E-state index < -0.39 is 5.92 Å². The maximum Gasteiger partial charge on any atom is 0.248 e. The normalized spacial score (nSPS) is 31.3. The Hall–Kier alpha value is -1.32. The van der Waals surface area contributed by atoms with Gasteiger partial charge in [-0.25, -0.2) is 13.8 Å². The smallest absolute Gasteiger partial charge is 0.248 e. The number of fused-ring (bicyclic) bond motifs is 2. The maximum atomic E-state index is 14.6. The van der Waals surface area contributed by atoms with E-state index in [0.717, 1.165) is 50.4 Å². The van der Waals surface area contributed by atoms with Crippen LogP contribution in [0.4, 0.5) is 8.78 Å². The lowest BCUT2D eigenvalue weighted by Crippen LogP contribution is -3.00. The number of hydrogen-bond donors (Lipinski definition) is 2. The molecule has 2 aromatic rings. The monoisotopic (exact) mass is 630 g/mol. The van der Waals surface area contributed by atoms with Crippen molar-refractivity contribution in [3.63, 3.8) is 0 Å². The molecule has 3 aliphatic heterocycles. The fourth-order valence-corrected chi connectivity index (χ4v) is 9.18. The van der Waals surface area contributed by atoms with Gasteiger partial charge in [0.25, 0.3) is 0 Å². The molecule has 5 atom stereocenters. The third kappa shape index (κ3) is 6.62. The molecule has 2 saturated heterocycles. The van der Waals surface area contributed by atoms with E-state index in [9.17, 15) is 13.6 Å². The van der Waals surface area contributed by atoms with E-state index in [1.165, 1.54) is 16.1 Å². The molecule has 1 saturated carbocycles. The molecule has 10 heteroatoms. The van der Waals surface area contributed by atoms with Crippen LogP contribution in [0.5, 0.6) is 0 Å². The lowest BCUT2D eigenvalue weighted by Gasteiger charge is -2.47. The van der Waals surface area contributed by atoms with Crippen molar-refractivity contribution in [2.45, 2.75) is 95.6 Å². The Morgan fingerprint density at radius 1 is 1.10 bits per heavy atom. The fraction of sp³-hybridized carbons (Fsp3) is 0.677. The van der Waals surface area contributed by atoms with Crippen LogP contribution in [0.2, 0.25) is 0 Å². The molecule has 5 nitrogen and oxygen atoms in total. The Bertz CT molecular complexity index is 1160. The number of nitrogens with two attached hydrogens (primary N) is 2. The van der Waals surface area contributed by atoms with Gasteiger partial charge in [-0.3, -0.25) is 4.79 Å². The summed E-state index contributed by atoms with van der Waals surface area (Å²) >= 11 is 1.79. The summed E-state index contributed by atoms with van der Waals surface area (Å²) in [6.07, 6.45) is 3.68. The first-order valence-electron chi connectivity index (χ1n) is 14.6. The van der Waals surface area contributed by atoms with Gasteiger partial charge in [-0.2, -0.15) is 0 Å². The second-order valence-electron chi connectivity index (χ2n) is 12.5. The quantitative estimate of drug-likeness (QED) is 0.399. The van der Waals surface area contributed by atoms with Gasteiger partial charge >= 0.3 is 0 Å². The van der Waals surface area contributed by atoms with E-state index in [1.54, 1.807) is 11.3 Å². The number of rotatable bonds is 3. The number of thiazole rings is 1. The number of hydrogen-bond acceptors (Lipinski definition) is 3. The molecule has 4 aliphatic rings. The third-order valence-electron chi connectivity index (χ3n) is 10.0. The van der Waals surface area contributed by atoms with Crippen molar-refractivity contribution in [3.8, 4) is 0 Å². The largest absolute Gasteiger partial charge is 1.00 e. The van der Waals surface area contributed by atoms with Crippen molar-refractivity contribution in [2.75, 3.05) is 26.2 Å². The predicted molar refractivity (Wildman–Crippen MR) is 151 cm³/mol. The van der Waals surface area contributed by atoms with Crippen LogP contribution in [0.3, 0.4) is 0 Å². The van der Waals surface area contributed by atoms with Crippen LogP contribution in [-0.2, 0) is 16.6 Å². The highest BCUT2D eigenvalue weighted by Gasteiger charge is 2.58. The van der Waals surface area contributed by atoms with Gasteiger partial charge in [0.15, 0.2) is 0 Å². The first-order valence-corrected chi connectivity index (χ1v) is 15.4. The highest BCUT2D eigenvalue weighted by atomic mass is 35.5. The van der Waals surface area contributed by atoms with Crippen LogP contribution in [0.1, 0.15) is 79.9 Å². The van der Waals surface area contributed by atoms with Crippen molar-refractivity contribution in [3.05, 3.63) is 51.5 Å². The van der Waals surface area contributed by atoms with E-state index in [0.29, 0.717) is 24.8 Å². The molecule has 1 aromatic carbocycles. The van der Waals surface area contributed by atoms with Crippen molar-refractivity contribution in [1.82, 2.24) is 9.88 Å². The zero-order chi connectivity index (χ0) is 26.5. The topological polar surface area (TPSA) is 66.4 Å². The molecule has 4 N–H and O–H groups in total. The summed E-state index contributed by atoms with van der Waals surface area (Å²) in [5, 5.41) is 5.84. The van der Waals surface area contributed by atoms with E-state index in [-0.39, 0.29) is 74.3 Å². The molecule has 1 aliphatic carbocycles. The van der Waals surface area contributed by atoms with Crippen LogP contribution in [0.15, 0.2) is 30.3 Å². The van der Waals surface area contributed by atoms with Crippen LogP contribution in [0.25, 0.3) is 0 Å². The number of quaternary nitrogens is 2. The number of carbonyl (C=O) groups is 1. The van der Waals surface area contributed by atoms with Gasteiger partial charge in [0, 0.05) is 36.7 Å². The Kier molecular flexibility index (Phi) is 11.3. The number of nitrogens with zero attached hydrogens (tertiary/aromatic N) is 2. The van der Waals surface area contributed by atoms with Gasteiger partial charge in [-0.05, 0) is 56.9 Å². The summed E-state index contributed by atoms with van der Waals surface area (Å²) < 4.78 is 28.3. The molecule has 3 fully saturated rings. The second-order valence-corrected chi connectivity index (χ2v) is 13.7. The average Bonchev–Trinajstić information content (AvgIpc) is 3.47. The summed E-state index contributed by atoms with van der Waals surface area (Å²) in [6, 6.07) is 11.1. The molecule has 0 radical (unpaired) electrons. The Balaban J connectivity index is 0.00000154. The summed E-state index contributed by atoms with van der Waals surface area (Å²) in [7, 11) is 0. The van der Waals surface area contributed by atoms with Gasteiger partial charge < -0.3 is 40.3 Å². The molecule has 0 bridgehead atoms. The zero-order valence-corrected chi connectivity index (χ0v) is 25.8. The van der Waals surface area contributed by atoms with Crippen molar-refractivity contribution >= 4 is 17.2 Å². The number of halogens is 4. The second kappa shape index (κ2) is 13.5. The van der Waals surface area contributed by atoms with Gasteiger partial charge in [0.1, 0.15) is 11.3 Å². The van der Waals surface area contributed by atoms with Gasteiger partial charge in [0.2, 0.25) is 11.8 Å². The van der Waals surface area contributed by atoms with Crippen LogP contribution in [-0.4, -0.2) is 60.0 Å². The van der Waals surface area contributed by atoms with E-state index in [2.05, 4.69) is 53.6 Å². The number of aromatic nitrogens is 1. The van der Waals surface area contributed by atoms with Gasteiger partial charge in [0.05, 0.1) is 36.4 Å². The Morgan fingerprint density at radius 3 is 2.51 bits per heavy atom. The highest BCUT2D eigenvalue weighted by molar-refractivity contribution is 7.11. The third-order valence-corrected chi connectivity index (χ3v) is 11.3. The van der Waals surface area contributed by atoms with Crippen LogP contribution >= 0.6 is 11.3 Å². The fourth-order valence-electron chi connectivity index (χ4n) is 7.97. The summed E-state index contributed by atoms with van der Waals surface area (Å²) in [6.45, 7) is 7.69. The van der Waals surface area contributed by atoms with Crippen LogP contribution in [0, 0.1) is 18.8 Å².